The second kappa shape index (κ2) is 8.37. The van der Waals surface area contributed by atoms with Gasteiger partial charge in [-0.05, 0) is 43.5 Å². The molecule has 1 aliphatic heterocycles. The lowest BCUT2D eigenvalue weighted by molar-refractivity contribution is -0.134. The molecule has 0 bridgehead atoms. The first kappa shape index (κ1) is 19.6. The van der Waals surface area contributed by atoms with E-state index in [4.69, 9.17) is 9.72 Å². The number of anilines is 1. The lowest BCUT2D eigenvalue weighted by Gasteiger charge is -2.40. The SMILES string of the molecule is COCCC(=O)N1CCN(c2ccc(-c3cc[nH]c(=O)c3)c(C3CC3)n2)C[C@H]1C. The molecule has 2 aromatic heterocycles. The number of hydrogen-bond donors (Lipinski definition) is 1. The fourth-order valence-corrected chi connectivity index (χ4v) is 4.03. The number of methoxy groups -OCH3 is 1. The third kappa shape index (κ3) is 4.34. The van der Waals surface area contributed by atoms with Crippen LogP contribution in [0.3, 0.4) is 0 Å². The quantitative estimate of drug-likeness (QED) is 0.811. The molecule has 7 heteroatoms. The zero-order valence-corrected chi connectivity index (χ0v) is 17.1. The predicted molar refractivity (Wildman–Crippen MR) is 112 cm³/mol. The molecule has 0 aromatic carbocycles. The minimum absolute atomic E-state index is 0.101. The third-order valence-electron chi connectivity index (χ3n) is 5.75. The molecule has 2 aliphatic rings. The number of aromatic nitrogens is 2. The molecule has 29 heavy (non-hydrogen) atoms. The van der Waals surface area contributed by atoms with Crippen LogP contribution >= 0.6 is 0 Å². The predicted octanol–water partition coefficient (Wildman–Crippen LogP) is 2.39. The number of piperazine rings is 1. The Morgan fingerprint density at radius 3 is 2.79 bits per heavy atom. The van der Waals surface area contributed by atoms with Gasteiger partial charge in [0.2, 0.25) is 11.5 Å². The Balaban J connectivity index is 1.53. The molecule has 1 saturated carbocycles. The fraction of sp³-hybridized carbons (Fsp3) is 0.500. The van der Waals surface area contributed by atoms with Gasteiger partial charge < -0.3 is 19.5 Å². The molecule has 3 heterocycles. The van der Waals surface area contributed by atoms with Crippen LogP contribution < -0.4 is 10.5 Å². The molecule has 7 nitrogen and oxygen atoms in total. The maximum Gasteiger partial charge on any atom is 0.248 e. The normalized spacial score (nSPS) is 19.4. The number of hydrogen-bond acceptors (Lipinski definition) is 5. The van der Waals surface area contributed by atoms with Crippen molar-refractivity contribution in [3.8, 4) is 11.1 Å². The Hall–Kier alpha value is -2.67. The lowest BCUT2D eigenvalue weighted by atomic mass is 10.0. The van der Waals surface area contributed by atoms with Gasteiger partial charge in [0.05, 0.1) is 18.7 Å². The number of pyridine rings is 2. The molecule has 4 rings (SSSR count). The van der Waals surface area contributed by atoms with Gasteiger partial charge in [0.15, 0.2) is 0 Å². The smallest absolute Gasteiger partial charge is 0.248 e. The second-order valence-electron chi connectivity index (χ2n) is 7.94. The summed E-state index contributed by atoms with van der Waals surface area (Å²) >= 11 is 0. The van der Waals surface area contributed by atoms with Gasteiger partial charge in [0, 0.05) is 56.5 Å². The summed E-state index contributed by atoms with van der Waals surface area (Å²) in [5.74, 6) is 1.57. The third-order valence-corrected chi connectivity index (χ3v) is 5.75. The van der Waals surface area contributed by atoms with Crippen LogP contribution in [0.1, 0.15) is 37.8 Å². The largest absolute Gasteiger partial charge is 0.384 e. The van der Waals surface area contributed by atoms with Crippen LogP contribution in [0.5, 0.6) is 0 Å². The van der Waals surface area contributed by atoms with Gasteiger partial charge in [0.25, 0.3) is 0 Å². The van der Waals surface area contributed by atoms with Gasteiger partial charge in [-0.25, -0.2) is 4.98 Å². The Morgan fingerprint density at radius 1 is 1.28 bits per heavy atom. The van der Waals surface area contributed by atoms with Crippen molar-refractivity contribution in [2.75, 3.05) is 38.3 Å². The molecule has 1 atom stereocenters. The molecule has 1 N–H and O–H groups in total. The summed E-state index contributed by atoms with van der Waals surface area (Å²) in [6, 6.07) is 7.82. The highest BCUT2D eigenvalue weighted by Gasteiger charge is 2.31. The van der Waals surface area contributed by atoms with Gasteiger partial charge >= 0.3 is 0 Å². The molecular formula is C22H28N4O3. The number of amides is 1. The topological polar surface area (TPSA) is 78.5 Å². The van der Waals surface area contributed by atoms with Crippen molar-refractivity contribution < 1.29 is 9.53 Å². The van der Waals surface area contributed by atoms with Crippen LogP contribution in [0.4, 0.5) is 5.82 Å². The van der Waals surface area contributed by atoms with E-state index in [1.54, 1.807) is 19.4 Å². The van der Waals surface area contributed by atoms with Gasteiger partial charge in [-0.2, -0.15) is 0 Å². The van der Waals surface area contributed by atoms with Crippen LogP contribution in [0.15, 0.2) is 35.3 Å². The summed E-state index contributed by atoms with van der Waals surface area (Å²) in [4.78, 5) is 36.0. The van der Waals surface area contributed by atoms with Crippen molar-refractivity contribution in [3.05, 3.63) is 46.5 Å². The summed E-state index contributed by atoms with van der Waals surface area (Å²) in [5.41, 5.74) is 2.94. The van der Waals surface area contributed by atoms with Crippen LogP contribution in [0.2, 0.25) is 0 Å². The van der Waals surface area contributed by atoms with Crippen molar-refractivity contribution in [2.45, 2.75) is 38.1 Å². The number of carbonyl (C=O) groups is 1. The maximum atomic E-state index is 12.4. The summed E-state index contributed by atoms with van der Waals surface area (Å²) in [6.07, 6.45) is 4.40. The number of ether oxygens (including phenoxy) is 1. The molecule has 1 aliphatic carbocycles. The van der Waals surface area contributed by atoms with E-state index in [1.807, 2.05) is 17.0 Å². The van der Waals surface area contributed by atoms with E-state index >= 15 is 0 Å². The molecule has 2 aromatic rings. The number of nitrogens with zero attached hydrogens (tertiary/aromatic N) is 3. The highest BCUT2D eigenvalue weighted by molar-refractivity contribution is 5.77. The van der Waals surface area contributed by atoms with Crippen molar-refractivity contribution in [2.24, 2.45) is 0 Å². The molecule has 1 saturated heterocycles. The van der Waals surface area contributed by atoms with E-state index < -0.39 is 0 Å². The van der Waals surface area contributed by atoms with Crippen LogP contribution in [0, 0.1) is 0 Å². The second-order valence-corrected chi connectivity index (χ2v) is 7.94. The van der Waals surface area contributed by atoms with E-state index in [0.717, 1.165) is 48.6 Å². The maximum absolute atomic E-state index is 12.4. The first-order valence-electron chi connectivity index (χ1n) is 10.3. The average Bonchev–Trinajstić information content (AvgIpc) is 3.57. The lowest BCUT2D eigenvalue weighted by Crippen LogP contribution is -2.54. The molecule has 0 radical (unpaired) electrons. The molecule has 0 unspecified atom stereocenters. The van der Waals surface area contributed by atoms with Crippen LogP contribution in [0.25, 0.3) is 11.1 Å². The minimum atomic E-state index is -0.101. The van der Waals surface area contributed by atoms with Gasteiger partial charge in [-0.3, -0.25) is 9.59 Å². The Labute approximate surface area is 170 Å². The van der Waals surface area contributed by atoms with E-state index in [2.05, 4.69) is 22.9 Å². The van der Waals surface area contributed by atoms with Crippen molar-refractivity contribution in [1.29, 1.82) is 0 Å². The average molecular weight is 396 g/mol. The van der Waals surface area contributed by atoms with E-state index in [9.17, 15) is 9.59 Å². The van der Waals surface area contributed by atoms with Gasteiger partial charge in [-0.15, -0.1) is 0 Å². The molecule has 0 spiro atoms. The van der Waals surface area contributed by atoms with Crippen LogP contribution in [-0.2, 0) is 9.53 Å². The zero-order chi connectivity index (χ0) is 20.4. The standard InChI is InChI=1S/C22H28N4O3/c1-15-14-25(10-11-26(15)21(28)8-12-29-2)19-6-5-18(22(24-19)16-3-4-16)17-7-9-23-20(27)13-17/h5-7,9,13,15-16H,3-4,8,10-12,14H2,1-2H3,(H,23,27)/t15-/m1/s1. The van der Waals surface area contributed by atoms with Gasteiger partial charge in [0.1, 0.15) is 5.82 Å². The Bertz CT molecular complexity index is 938. The molecule has 2 fully saturated rings. The zero-order valence-electron chi connectivity index (χ0n) is 17.1. The highest BCUT2D eigenvalue weighted by Crippen LogP contribution is 2.44. The molecule has 1 amide bonds. The number of rotatable bonds is 6. The summed E-state index contributed by atoms with van der Waals surface area (Å²) in [6.45, 7) is 4.77. The summed E-state index contributed by atoms with van der Waals surface area (Å²) in [7, 11) is 1.62. The summed E-state index contributed by atoms with van der Waals surface area (Å²) in [5, 5.41) is 0. The van der Waals surface area contributed by atoms with Gasteiger partial charge in [-0.1, -0.05) is 0 Å². The number of carbonyl (C=O) groups excluding carboxylic acids is 1. The highest BCUT2D eigenvalue weighted by atomic mass is 16.5. The van der Waals surface area contributed by atoms with Crippen LogP contribution in [-0.4, -0.2) is 60.2 Å². The Kier molecular flexibility index (Phi) is 5.67. The molecular weight excluding hydrogens is 368 g/mol. The Morgan fingerprint density at radius 2 is 2.10 bits per heavy atom. The first-order valence-corrected chi connectivity index (χ1v) is 10.3. The monoisotopic (exact) mass is 396 g/mol. The van der Waals surface area contributed by atoms with Crippen molar-refractivity contribution in [1.82, 2.24) is 14.9 Å². The minimum Gasteiger partial charge on any atom is -0.384 e. The first-order chi connectivity index (χ1) is 14.1. The number of nitrogens with one attached hydrogen (secondary N) is 1. The van der Waals surface area contributed by atoms with Crippen molar-refractivity contribution in [3.63, 3.8) is 0 Å². The molecule has 154 valence electrons. The van der Waals surface area contributed by atoms with E-state index in [1.165, 1.54) is 0 Å². The number of H-pyrrole nitrogens is 1. The van der Waals surface area contributed by atoms with Crippen molar-refractivity contribution >= 4 is 11.7 Å². The van der Waals surface area contributed by atoms with E-state index in [-0.39, 0.29) is 17.5 Å². The van der Waals surface area contributed by atoms with E-state index in [0.29, 0.717) is 25.5 Å². The summed E-state index contributed by atoms with van der Waals surface area (Å²) < 4.78 is 5.04. The number of aromatic amines is 1. The fourth-order valence-electron chi connectivity index (χ4n) is 4.03.